The van der Waals surface area contributed by atoms with E-state index >= 15 is 0 Å². The van der Waals surface area contributed by atoms with Crippen molar-refractivity contribution in [1.82, 2.24) is 0 Å². The molecule has 24 heavy (non-hydrogen) atoms. The second-order valence-corrected chi connectivity index (χ2v) is 10.4. The second kappa shape index (κ2) is 5.98. The number of rotatable bonds is 2. The molecule has 0 aliphatic heterocycles. The summed E-state index contributed by atoms with van der Waals surface area (Å²) in [4.78, 5) is 0. The van der Waals surface area contributed by atoms with Crippen molar-refractivity contribution >= 4 is 0 Å². The summed E-state index contributed by atoms with van der Waals surface area (Å²) >= 11 is 0. The fourth-order valence-electron chi connectivity index (χ4n) is 8.36. The Kier molecular flexibility index (Phi) is 4.32. The lowest BCUT2D eigenvalue weighted by Gasteiger charge is -2.62. The molecule has 0 heterocycles. The minimum absolute atomic E-state index is 0.0704. The molecule has 0 aromatic carbocycles. The summed E-state index contributed by atoms with van der Waals surface area (Å²) in [5, 5.41) is 20.9. The van der Waals surface area contributed by atoms with Gasteiger partial charge in [0.25, 0.3) is 0 Å². The highest BCUT2D eigenvalue weighted by Crippen LogP contribution is 2.68. The van der Waals surface area contributed by atoms with E-state index in [1.807, 2.05) is 0 Å². The van der Waals surface area contributed by atoms with Gasteiger partial charge in [0, 0.05) is 6.61 Å². The third-order valence-electron chi connectivity index (χ3n) is 9.65. The summed E-state index contributed by atoms with van der Waals surface area (Å²) in [6, 6.07) is 0. The van der Waals surface area contributed by atoms with Gasteiger partial charge < -0.3 is 10.2 Å². The van der Waals surface area contributed by atoms with E-state index in [9.17, 15) is 10.2 Å². The van der Waals surface area contributed by atoms with Crippen molar-refractivity contribution in [2.75, 3.05) is 6.61 Å². The Labute approximate surface area is 148 Å². The standard InChI is InChI=1S/C22H38O2/c1-14(13-23)16-7-8-17-20-18(9-11-22(16,17)3)21(2)10-5-4-6-15(21)12-19(20)24/h14-20,23-24H,4-13H2,1-3H3/t14-,15?,16?,17+,18+,19-,20+,21?,22?/m1/s1. The summed E-state index contributed by atoms with van der Waals surface area (Å²) in [5.74, 6) is 3.78. The summed E-state index contributed by atoms with van der Waals surface area (Å²) < 4.78 is 0. The maximum absolute atomic E-state index is 11.2. The van der Waals surface area contributed by atoms with Crippen molar-refractivity contribution in [2.45, 2.75) is 84.7 Å². The van der Waals surface area contributed by atoms with Crippen LogP contribution in [0.15, 0.2) is 0 Å². The van der Waals surface area contributed by atoms with Crippen LogP contribution in [0.4, 0.5) is 0 Å². The molecule has 2 N–H and O–H groups in total. The molecule has 4 fully saturated rings. The minimum atomic E-state index is -0.0704. The van der Waals surface area contributed by atoms with E-state index in [0.29, 0.717) is 41.1 Å². The van der Waals surface area contributed by atoms with Crippen LogP contribution in [0, 0.1) is 46.3 Å². The molecule has 0 radical (unpaired) electrons. The Morgan fingerprint density at radius 1 is 0.958 bits per heavy atom. The Morgan fingerprint density at radius 2 is 1.71 bits per heavy atom. The lowest BCUT2D eigenvalue weighted by molar-refractivity contribution is -0.165. The number of hydrogen-bond donors (Lipinski definition) is 2. The van der Waals surface area contributed by atoms with E-state index in [-0.39, 0.29) is 6.10 Å². The van der Waals surface area contributed by atoms with Crippen LogP contribution in [-0.2, 0) is 0 Å². The highest BCUT2D eigenvalue weighted by atomic mass is 16.3. The fraction of sp³-hybridized carbons (Fsp3) is 1.00. The molecule has 4 aliphatic rings. The molecule has 0 saturated heterocycles. The Bertz CT molecular complexity index is 477. The molecule has 0 aromatic heterocycles. The van der Waals surface area contributed by atoms with Crippen LogP contribution >= 0.6 is 0 Å². The molecule has 9 atom stereocenters. The summed E-state index contributed by atoms with van der Waals surface area (Å²) in [6.45, 7) is 7.63. The quantitative estimate of drug-likeness (QED) is 0.772. The van der Waals surface area contributed by atoms with Gasteiger partial charge >= 0.3 is 0 Å². The number of aliphatic hydroxyl groups is 2. The highest BCUT2D eigenvalue weighted by molar-refractivity contribution is 5.11. The van der Waals surface area contributed by atoms with Crippen LogP contribution in [0.3, 0.4) is 0 Å². The molecular formula is C22H38O2. The van der Waals surface area contributed by atoms with Crippen LogP contribution in [0.25, 0.3) is 0 Å². The van der Waals surface area contributed by atoms with E-state index < -0.39 is 0 Å². The highest BCUT2D eigenvalue weighted by Gasteiger charge is 2.62. The van der Waals surface area contributed by atoms with Crippen LogP contribution < -0.4 is 0 Å². The summed E-state index contributed by atoms with van der Waals surface area (Å²) in [6.07, 6.45) is 11.7. The van der Waals surface area contributed by atoms with Crippen molar-refractivity contribution in [1.29, 1.82) is 0 Å². The predicted octanol–water partition coefficient (Wildman–Crippen LogP) is 4.63. The molecule has 0 bridgehead atoms. The lowest BCUT2D eigenvalue weighted by atomic mass is 9.44. The van der Waals surface area contributed by atoms with E-state index in [4.69, 9.17) is 0 Å². The van der Waals surface area contributed by atoms with Gasteiger partial charge in [-0.25, -0.2) is 0 Å². The van der Waals surface area contributed by atoms with Gasteiger partial charge in [-0.3, -0.25) is 0 Å². The minimum Gasteiger partial charge on any atom is -0.396 e. The number of aliphatic hydroxyl groups excluding tert-OH is 2. The van der Waals surface area contributed by atoms with Crippen LogP contribution in [0.2, 0.25) is 0 Å². The molecule has 2 nitrogen and oxygen atoms in total. The number of fused-ring (bicyclic) bond motifs is 5. The third kappa shape index (κ3) is 2.28. The van der Waals surface area contributed by atoms with Gasteiger partial charge in [-0.05, 0) is 91.3 Å². The SMILES string of the molecule is C[C@H](CO)C1CC[C@H]2[C@@H]3[C@H](O)CC4CCCCC4(C)[C@H]3CCC12C. The van der Waals surface area contributed by atoms with Crippen molar-refractivity contribution in [2.24, 2.45) is 46.3 Å². The van der Waals surface area contributed by atoms with E-state index in [2.05, 4.69) is 20.8 Å². The normalized spacial score (nSPS) is 55.4. The zero-order chi connectivity index (χ0) is 17.1. The Morgan fingerprint density at radius 3 is 2.46 bits per heavy atom. The van der Waals surface area contributed by atoms with Crippen LogP contribution in [-0.4, -0.2) is 22.9 Å². The van der Waals surface area contributed by atoms with Gasteiger partial charge in [-0.1, -0.05) is 33.6 Å². The maximum atomic E-state index is 11.2. The smallest absolute Gasteiger partial charge is 0.0577 e. The maximum Gasteiger partial charge on any atom is 0.0577 e. The first-order valence-corrected chi connectivity index (χ1v) is 10.7. The fourth-order valence-corrected chi connectivity index (χ4v) is 8.36. The van der Waals surface area contributed by atoms with Crippen molar-refractivity contribution < 1.29 is 10.2 Å². The Hall–Kier alpha value is -0.0800. The van der Waals surface area contributed by atoms with E-state index in [1.165, 1.54) is 51.4 Å². The van der Waals surface area contributed by atoms with Crippen LogP contribution in [0.5, 0.6) is 0 Å². The third-order valence-corrected chi connectivity index (χ3v) is 9.65. The monoisotopic (exact) mass is 334 g/mol. The summed E-state index contributed by atoms with van der Waals surface area (Å²) in [7, 11) is 0. The zero-order valence-electron chi connectivity index (χ0n) is 16.0. The average Bonchev–Trinajstić information content (AvgIpc) is 2.92. The molecule has 4 saturated carbocycles. The molecule has 0 spiro atoms. The predicted molar refractivity (Wildman–Crippen MR) is 97.5 cm³/mol. The molecule has 4 unspecified atom stereocenters. The van der Waals surface area contributed by atoms with Gasteiger partial charge in [-0.2, -0.15) is 0 Å². The molecule has 4 aliphatic carbocycles. The molecule has 0 amide bonds. The van der Waals surface area contributed by atoms with E-state index in [1.54, 1.807) is 0 Å². The summed E-state index contributed by atoms with van der Waals surface area (Å²) in [5.41, 5.74) is 0.840. The van der Waals surface area contributed by atoms with Gasteiger partial charge in [0.15, 0.2) is 0 Å². The van der Waals surface area contributed by atoms with E-state index in [0.717, 1.165) is 18.3 Å². The lowest BCUT2D eigenvalue weighted by Crippen LogP contribution is -2.57. The topological polar surface area (TPSA) is 40.5 Å². The van der Waals surface area contributed by atoms with Crippen LogP contribution in [0.1, 0.15) is 78.6 Å². The first-order valence-electron chi connectivity index (χ1n) is 10.7. The van der Waals surface area contributed by atoms with Gasteiger partial charge in [0.05, 0.1) is 6.10 Å². The van der Waals surface area contributed by atoms with Gasteiger partial charge in [-0.15, -0.1) is 0 Å². The molecule has 0 aromatic rings. The first-order chi connectivity index (χ1) is 11.4. The zero-order valence-corrected chi connectivity index (χ0v) is 16.0. The second-order valence-electron chi connectivity index (χ2n) is 10.4. The van der Waals surface area contributed by atoms with Crippen molar-refractivity contribution in [3.8, 4) is 0 Å². The molecular weight excluding hydrogens is 296 g/mol. The van der Waals surface area contributed by atoms with Gasteiger partial charge in [0.1, 0.15) is 0 Å². The number of hydrogen-bond acceptors (Lipinski definition) is 2. The molecule has 138 valence electrons. The molecule has 4 rings (SSSR count). The van der Waals surface area contributed by atoms with Gasteiger partial charge in [0.2, 0.25) is 0 Å². The molecule has 2 heteroatoms. The van der Waals surface area contributed by atoms with Crippen molar-refractivity contribution in [3.63, 3.8) is 0 Å². The van der Waals surface area contributed by atoms with Crippen molar-refractivity contribution in [3.05, 3.63) is 0 Å². The average molecular weight is 335 g/mol. The largest absolute Gasteiger partial charge is 0.396 e. The first kappa shape index (κ1) is 17.3. The Balaban J connectivity index is 1.65.